The molecule has 0 fully saturated rings. The number of nitrogens with one attached hydrogen (secondary N) is 2. The summed E-state index contributed by atoms with van der Waals surface area (Å²) in [5.41, 5.74) is 6.22. The summed E-state index contributed by atoms with van der Waals surface area (Å²) in [4.78, 5) is 22.8. The third kappa shape index (κ3) is 6.29. The maximum atomic E-state index is 11.8. The molecule has 21 heavy (non-hydrogen) atoms. The van der Waals surface area contributed by atoms with Crippen molar-refractivity contribution in [1.29, 1.82) is 0 Å². The number of benzene rings is 1. The van der Waals surface area contributed by atoms with Crippen LogP contribution in [-0.4, -0.2) is 18.5 Å². The van der Waals surface area contributed by atoms with Gasteiger partial charge in [0.05, 0.1) is 0 Å². The van der Waals surface area contributed by atoms with Gasteiger partial charge in [0.2, 0.25) is 5.91 Å². The van der Waals surface area contributed by atoms with Crippen molar-refractivity contribution in [1.82, 2.24) is 5.32 Å². The molecule has 0 saturated heterocycles. The summed E-state index contributed by atoms with van der Waals surface area (Å²) in [6, 6.07) is 6.28. The molecule has 5 nitrogen and oxygen atoms in total. The smallest absolute Gasteiger partial charge is 0.319 e. The molecular weight excluding hydrogens is 266 g/mol. The van der Waals surface area contributed by atoms with E-state index in [2.05, 4.69) is 24.5 Å². The lowest BCUT2D eigenvalue weighted by molar-refractivity contribution is 0.100. The summed E-state index contributed by atoms with van der Waals surface area (Å²) in [6.45, 7) is 4.99. The van der Waals surface area contributed by atoms with E-state index in [1.54, 1.807) is 24.3 Å². The van der Waals surface area contributed by atoms with Gasteiger partial charge in [-0.2, -0.15) is 0 Å². The average Bonchev–Trinajstić information content (AvgIpc) is 2.48. The Hall–Kier alpha value is -2.04. The van der Waals surface area contributed by atoms with Gasteiger partial charge in [0, 0.05) is 17.8 Å². The molecule has 0 aromatic heterocycles. The standard InChI is InChI=1S/C16H25N3O2/c1-3-5-6-12(4-2)11-18-16(21)19-14-9-7-13(8-10-14)15(17)20/h7-10,12H,3-6,11H2,1-2H3,(H2,17,20)(H2,18,19,21)/t12-/m1/s1. The maximum absolute atomic E-state index is 11.8. The Balaban J connectivity index is 2.40. The van der Waals surface area contributed by atoms with Crippen LogP contribution in [0.15, 0.2) is 24.3 Å². The highest BCUT2D eigenvalue weighted by atomic mass is 16.2. The third-order valence-corrected chi connectivity index (χ3v) is 3.52. The van der Waals surface area contributed by atoms with Gasteiger partial charge in [-0.1, -0.05) is 33.1 Å². The lowest BCUT2D eigenvalue weighted by atomic mass is 9.99. The van der Waals surface area contributed by atoms with Gasteiger partial charge < -0.3 is 16.4 Å². The van der Waals surface area contributed by atoms with E-state index >= 15 is 0 Å². The molecule has 0 heterocycles. The average molecular weight is 291 g/mol. The Morgan fingerprint density at radius 3 is 2.38 bits per heavy atom. The number of primary amides is 1. The minimum atomic E-state index is -0.479. The Labute approximate surface area is 126 Å². The molecule has 3 amide bonds. The van der Waals surface area contributed by atoms with E-state index in [0.717, 1.165) is 12.8 Å². The first-order valence-corrected chi connectivity index (χ1v) is 7.51. The molecule has 0 unspecified atom stereocenters. The van der Waals surface area contributed by atoms with Crippen molar-refractivity contribution in [3.8, 4) is 0 Å². The highest BCUT2D eigenvalue weighted by molar-refractivity contribution is 5.94. The Morgan fingerprint density at radius 1 is 1.19 bits per heavy atom. The SMILES string of the molecule is CCCC[C@@H](CC)CNC(=O)Nc1ccc(C(N)=O)cc1. The summed E-state index contributed by atoms with van der Waals surface area (Å²) in [5.74, 6) is 0.0423. The van der Waals surface area contributed by atoms with Crippen LogP contribution in [0, 0.1) is 5.92 Å². The number of urea groups is 1. The van der Waals surface area contributed by atoms with Crippen LogP contribution in [0.4, 0.5) is 10.5 Å². The van der Waals surface area contributed by atoms with Crippen LogP contribution in [0.25, 0.3) is 0 Å². The van der Waals surface area contributed by atoms with Crippen molar-refractivity contribution in [3.63, 3.8) is 0 Å². The summed E-state index contributed by atoms with van der Waals surface area (Å²) in [6.07, 6.45) is 4.57. The lowest BCUT2D eigenvalue weighted by Crippen LogP contribution is -2.33. The van der Waals surface area contributed by atoms with Gasteiger partial charge in [-0.3, -0.25) is 4.79 Å². The van der Waals surface area contributed by atoms with E-state index in [1.807, 2.05) is 0 Å². The van der Waals surface area contributed by atoms with Gasteiger partial charge in [0.25, 0.3) is 0 Å². The van der Waals surface area contributed by atoms with Crippen LogP contribution >= 0.6 is 0 Å². The highest BCUT2D eigenvalue weighted by Crippen LogP contribution is 2.12. The van der Waals surface area contributed by atoms with Crippen LogP contribution in [0.5, 0.6) is 0 Å². The van der Waals surface area contributed by atoms with E-state index in [4.69, 9.17) is 5.73 Å². The van der Waals surface area contributed by atoms with Crippen molar-refractivity contribution < 1.29 is 9.59 Å². The van der Waals surface area contributed by atoms with Gasteiger partial charge in [-0.05, 0) is 36.6 Å². The van der Waals surface area contributed by atoms with Crippen LogP contribution in [0.1, 0.15) is 49.9 Å². The monoisotopic (exact) mass is 291 g/mol. The van der Waals surface area contributed by atoms with Crippen LogP contribution in [-0.2, 0) is 0 Å². The summed E-state index contributed by atoms with van der Waals surface area (Å²) < 4.78 is 0. The van der Waals surface area contributed by atoms with E-state index in [9.17, 15) is 9.59 Å². The predicted octanol–water partition coefficient (Wildman–Crippen LogP) is 3.12. The van der Waals surface area contributed by atoms with Crippen molar-refractivity contribution in [2.24, 2.45) is 11.7 Å². The number of amides is 3. The molecule has 1 atom stereocenters. The Bertz CT molecular complexity index is 457. The van der Waals surface area contributed by atoms with Crippen LogP contribution < -0.4 is 16.4 Å². The van der Waals surface area contributed by atoms with E-state index < -0.39 is 5.91 Å². The number of anilines is 1. The van der Waals surface area contributed by atoms with E-state index in [1.165, 1.54) is 12.8 Å². The zero-order chi connectivity index (χ0) is 15.7. The number of unbranched alkanes of at least 4 members (excludes halogenated alkanes) is 1. The zero-order valence-electron chi connectivity index (χ0n) is 12.8. The number of carbonyl (C=O) groups is 2. The quantitative estimate of drug-likeness (QED) is 0.687. The van der Waals surface area contributed by atoms with E-state index in [-0.39, 0.29) is 6.03 Å². The topological polar surface area (TPSA) is 84.2 Å². The first-order valence-electron chi connectivity index (χ1n) is 7.51. The number of rotatable bonds is 8. The van der Waals surface area contributed by atoms with Gasteiger partial charge in [0.15, 0.2) is 0 Å². The molecule has 5 heteroatoms. The second-order valence-electron chi connectivity index (χ2n) is 5.19. The zero-order valence-corrected chi connectivity index (χ0v) is 12.8. The molecule has 0 radical (unpaired) electrons. The van der Waals surface area contributed by atoms with Crippen LogP contribution in [0.2, 0.25) is 0 Å². The largest absolute Gasteiger partial charge is 0.366 e. The summed E-state index contributed by atoms with van der Waals surface area (Å²) in [7, 11) is 0. The second kappa shape index (κ2) is 9.00. The molecule has 1 aromatic rings. The normalized spacial score (nSPS) is 11.7. The molecule has 0 aliphatic heterocycles. The van der Waals surface area contributed by atoms with Crippen molar-refractivity contribution in [3.05, 3.63) is 29.8 Å². The van der Waals surface area contributed by atoms with Crippen molar-refractivity contribution in [2.75, 3.05) is 11.9 Å². The fourth-order valence-corrected chi connectivity index (χ4v) is 2.07. The second-order valence-corrected chi connectivity index (χ2v) is 5.19. The fourth-order valence-electron chi connectivity index (χ4n) is 2.07. The maximum Gasteiger partial charge on any atom is 0.319 e. The molecule has 0 aliphatic carbocycles. The predicted molar refractivity (Wildman–Crippen MR) is 85.3 cm³/mol. The van der Waals surface area contributed by atoms with Crippen molar-refractivity contribution in [2.45, 2.75) is 39.5 Å². The molecule has 116 valence electrons. The van der Waals surface area contributed by atoms with Gasteiger partial charge >= 0.3 is 6.03 Å². The first kappa shape index (κ1) is 17.0. The Kier molecular flexibility index (Phi) is 7.29. The molecule has 0 spiro atoms. The van der Waals surface area contributed by atoms with Gasteiger partial charge in [0.1, 0.15) is 0 Å². The molecule has 0 saturated carbocycles. The van der Waals surface area contributed by atoms with Crippen molar-refractivity contribution >= 4 is 17.6 Å². The molecule has 1 rings (SSSR count). The fraction of sp³-hybridized carbons (Fsp3) is 0.500. The molecule has 4 N–H and O–H groups in total. The minimum absolute atomic E-state index is 0.225. The number of hydrogen-bond donors (Lipinski definition) is 3. The number of hydrogen-bond acceptors (Lipinski definition) is 2. The number of carbonyl (C=O) groups excluding carboxylic acids is 2. The summed E-state index contributed by atoms with van der Waals surface area (Å²) >= 11 is 0. The van der Waals surface area contributed by atoms with Gasteiger partial charge in [-0.25, -0.2) is 4.79 Å². The van der Waals surface area contributed by atoms with Crippen LogP contribution in [0.3, 0.4) is 0 Å². The first-order chi connectivity index (χ1) is 10.1. The van der Waals surface area contributed by atoms with E-state index in [0.29, 0.717) is 23.7 Å². The number of nitrogens with two attached hydrogens (primary N) is 1. The van der Waals surface area contributed by atoms with Gasteiger partial charge in [-0.15, -0.1) is 0 Å². The molecule has 0 aliphatic rings. The minimum Gasteiger partial charge on any atom is -0.366 e. The highest BCUT2D eigenvalue weighted by Gasteiger charge is 2.08. The molecule has 1 aromatic carbocycles. The third-order valence-electron chi connectivity index (χ3n) is 3.52. The Morgan fingerprint density at radius 2 is 1.86 bits per heavy atom. The molecular formula is C16H25N3O2. The lowest BCUT2D eigenvalue weighted by Gasteiger charge is -2.15. The summed E-state index contributed by atoms with van der Waals surface area (Å²) in [5, 5.41) is 5.63. The molecule has 0 bridgehead atoms.